The minimum Gasteiger partial charge on any atom is -0.480 e. The number of carbonyl (C=O) groups is 3. The highest BCUT2D eigenvalue weighted by molar-refractivity contribution is 7.89. The lowest BCUT2D eigenvalue weighted by molar-refractivity contribution is -0.138. The normalized spacial score (nSPS) is 15.6. The number of amides is 2. The number of sulfonamides is 1. The van der Waals surface area contributed by atoms with Crippen LogP contribution in [0.25, 0.3) is 0 Å². The fraction of sp³-hybridized carbons (Fsp3) is 0.438. The average Bonchev–Trinajstić information content (AvgIpc) is 2.59. The standard InChI is InChI=1S/C16H21N3O6S/c1-11(2)19(10-15(21)22)16(23)12-4-3-5-13(8-12)26(24,25)18-7-6-17-14(20)9-18/h3-5,8,11H,6-7,9-10H2,1-2H3,(H,17,20)(H,21,22). The number of benzene rings is 1. The summed E-state index contributed by atoms with van der Waals surface area (Å²) in [4.78, 5) is 36.1. The lowest BCUT2D eigenvalue weighted by Crippen LogP contribution is -2.49. The van der Waals surface area contributed by atoms with Gasteiger partial charge in [0.25, 0.3) is 5.91 Å². The molecule has 2 N–H and O–H groups in total. The van der Waals surface area contributed by atoms with Crippen molar-refractivity contribution in [1.29, 1.82) is 0 Å². The Labute approximate surface area is 151 Å². The number of carboxylic acids is 1. The Hall–Kier alpha value is -2.46. The van der Waals surface area contributed by atoms with Crippen molar-refractivity contribution >= 4 is 27.8 Å². The molecule has 0 atom stereocenters. The van der Waals surface area contributed by atoms with Gasteiger partial charge in [0.15, 0.2) is 0 Å². The van der Waals surface area contributed by atoms with Crippen molar-refractivity contribution in [3.63, 3.8) is 0 Å². The van der Waals surface area contributed by atoms with Crippen LogP contribution in [0.2, 0.25) is 0 Å². The van der Waals surface area contributed by atoms with Gasteiger partial charge in [-0.05, 0) is 32.0 Å². The molecule has 1 aliphatic rings. The van der Waals surface area contributed by atoms with Crippen LogP contribution in [0, 0.1) is 0 Å². The molecule has 1 aromatic rings. The minimum absolute atomic E-state index is 0.0717. The number of carbonyl (C=O) groups excluding carboxylic acids is 2. The third-order valence-corrected chi connectivity index (χ3v) is 5.75. The van der Waals surface area contributed by atoms with Crippen LogP contribution in [-0.2, 0) is 19.6 Å². The lowest BCUT2D eigenvalue weighted by atomic mass is 10.1. The molecule has 9 nitrogen and oxygen atoms in total. The van der Waals surface area contributed by atoms with Crippen LogP contribution in [0.4, 0.5) is 0 Å². The number of carboxylic acid groups (broad SMARTS) is 1. The molecule has 142 valence electrons. The maximum atomic E-state index is 12.7. The van der Waals surface area contributed by atoms with Gasteiger partial charge in [0.1, 0.15) is 6.54 Å². The minimum atomic E-state index is -3.93. The molecule has 0 aliphatic carbocycles. The smallest absolute Gasteiger partial charge is 0.323 e. The summed E-state index contributed by atoms with van der Waals surface area (Å²) in [7, 11) is -3.93. The van der Waals surface area contributed by atoms with Gasteiger partial charge in [0, 0.05) is 24.7 Å². The third kappa shape index (κ3) is 4.38. The Morgan fingerprint density at radius 2 is 2.04 bits per heavy atom. The number of aliphatic carboxylic acids is 1. The van der Waals surface area contributed by atoms with E-state index in [2.05, 4.69) is 5.32 Å². The van der Waals surface area contributed by atoms with E-state index in [4.69, 9.17) is 5.11 Å². The van der Waals surface area contributed by atoms with E-state index < -0.39 is 28.4 Å². The Bertz CT molecular complexity index is 821. The molecule has 10 heteroatoms. The predicted molar refractivity (Wildman–Crippen MR) is 92.0 cm³/mol. The fourth-order valence-corrected chi connectivity index (χ4v) is 4.00. The van der Waals surface area contributed by atoms with Crippen LogP contribution in [0.1, 0.15) is 24.2 Å². The van der Waals surface area contributed by atoms with Crippen molar-refractivity contribution in [3.8, 4) is 0 Å². The van der Waals surface area contributed by atoms with Gasteiger partial charge in [-0.1, -0.05) is 6.07 Å². The molecule has 1 aliphatic heterocycles. The molecule has 0 bridgehead atoms. The van der Waals surface area contributed by atoms with Crippen molar-refractivity contribution in [2.75, 3.05) is 26.2 Å². The molecule has 0 saturated carbocycles. The van der Waals surface area contributed by atoms with E-state index in [1.165, 1.54) is 24.3 Å². The topological polar surface area (TPSA) is 124 Å². The van der Waals surface area contributed by atoms with Gasteiger partial charge in [-0.15, -0.1) is 0 Å². The molecule has 1 aromatic carbocycles. The number of hydrogen-bond donors (Lipinski definition) is 2. The molecule has 0 radical (unpaired) electrons. The molecule has 26 heavy (non-hydrogen) atoms. The maximum Gasteiger partial charge on any atom is 0.323 e. The van der Waals surface area contributed by atoms with E-state index in [1.54, 1.807) is 13.8 Å². The summed E-state index contributed by atoms with van der Waals surface area (Å²) < 4.78 is 26.5. The summed E-state index contributed by atoms with van der Waals surface area (Å²) in [6.07, 6.45) is 0. The molecule has 1 heterocycles. The van der Waals surface area contributed by atoms with Crippen molar-refractivity contribution in [2.24, 2.45) is 0 Å². The van der Waals surface area contributed by atoms with Crippen LogP contribution in [0.5, 0.6) is 0 Å². The van der Waals surface area contributed by atoms with Crippen LogP contribution in [-0.4, -0.2) is 72.7 Å². The molecule has 0 unspecified atom stereocenters. The third-order valence-electron chi connectivity index (χ3n) is 3.91. The van der Waals surface area contributed by atoms with Crippen molar-refractivity contribution < 1.29 is 27.9 Å². The van der Waals surface area contributed by atoms with E-state index >= 15 is 0 Å². The SMILES string of the molecule is CC(C)N(CC(=O)O)C(=O)c1cccc(S(=O)(=O)N2CCNC(=O)C2)c1. The van der Waals surface area contributed by atoms with Gasteiger partial charge < -0.3 is 15.3 Å². The second kappa shape index (κ2) is 7.83. The van der Waals surface area contributed by atoms with Crippen molar-refractivity contribution in [2.45, 2.75) is 24.8 Å². The van der Waals surface area contributed by atoms with Crippen LogP contribution in [0.15, 0.2) is 29.2 Å². The van der Waals surface area contributed by atoms with Gasteiger partial charge in [-0.2, -0.15) is 4.31 Å². The summed E-state index contributed by atoms with van der Waals surface area (Å²) >= 11 is 0. The van der Waals surface area contributed by atoms with E-state index in [0.717, 1.165) is 9.21 Å². The second-order valence-electron chi connectivity index (χ2n) is 6.14. The van der Waals surface area contributed by atoms with Crippen LogP contribution in [0.3, 0.4) is 0 Å². The number of nitrogens with one attached hydrogen (secondary N) is 1. The molecule has 0 aromatic heterocycles. The highest BCUT2D eigenvalue weighted by Gasteiger charge is 2.30. The van der Waals surface area contributed by atoms with Gasteiger partial charge in [0.2, 0.25) is 15.9 Å². The summed E-state index contributed by atoms with van der Waals surface area (Å²) in [5.41, 5.74) is 0.0717. The highest BCUT2D eigenvalue weighted by atomic mass is 32.2. The first-order chi connectivity index (χ1) is 12.1. The average molecular weight is 383 g/mol. The fourth-order valence-electron chi connectivity index (χ4n) is 2.56. The molecular formula is C16H21N3O6S. The zero-order valence-electron chi connectivity index (χ0n) is 14.5. The molecule has 2 rings (SSSR count). The first-order valence-corrected chi connectivity index (χ1v) is 9.46. The molecule has 2 amide bonds. The first kappa shape index (κ1) is 19.9. The van der Waals surface area contributed by atoms with Crippen molar-refractivity contribution in [3.05, 3.63) is 29.8 Å². The van der Waals surface area contributed by atoms with Gasteiger partial charge in [-0.25, -0.2) is 8.42 Å². The van der Waals surface area contributed by atoms with Crippen LogP contribution >= 0.6 is 0 Å². The quantitative estimate of drug-likeness (QED) is 0.698. The predicted octanol–water partition coefficient (Wildman–Crippen LogP) is -0.258. The highest BCUT2D eigenvalue weighted by Crippen LogP contribution is 2.19. The Balaban J connectivity index is 2.33. The molecule has 1 saturated heterocycles. The largest absolute Gasteiger partial charge is 0.480 e. The van der Waals surface area contributed by atoms with E-state index in [9.17, 15) is 22.8 Å². The van der Waals surface area contributed by atoms with Gasteiger partial charge in [0.05, 0.1) is 11.4 Å². The molecular weight excluding hydrogens is 362 g/mol. The van der Waals surface area contributed by atoms with Gasteiger partial charge in [-0.3, -0.25) is 14.4 Å². The van der Waals surface area contributed by atoms with E-state index in [-0.39, 0.29) is 42.0 Å². The number of piperazine rings is 1. The monoisotopic (exact) mass is 383 g/mol. The van der Waals surface area contributed by atoms with E-state index in [1.807, 2.05) is 0 Å². The van der Waals surface area contributed by atoms with Crippen LogP contribution < -0.4 is 5.32 Å². The summed E-state index contributed by atoms with van der Waals surface area (Å²) in [6.45, 7) is 2.94. The first-order valence-electron chi connectivity index (χ1n) is 8.02. The van der Waals surface area contributed by atoms with E-state index in [0.29, 0.717) is 0 Å². The van der Waals surface area contributed by atoms with Gasteiger partial charge >= 0.3 is 5.97 Å². The summed E-state index contributed by atoms with van der Waals surface area (Å²) in [6, 6.07) is 5.03. The molecule has 0 spiro atoms. The Morgan fingerprint density at radius 3 is 2.62 bits per heavy atom. The zero-order valence-corrected chi connectivity index (χ0v) is 15.3. The summed E-state index contributed by atoms with van der Waals surface area (Å²) in [5.74, 6) is -2.12. The number of rotatable bonds is 6. The number of hydrogen-bond acceptors (Lipinski definition) is 5. The maximum absolute atomic E-state index is 12.7. The summed E-state index contributed by atoms with van der Waals surface area (Å²) in [5, 5.41) is 11.5. The Morgan fingerprint density at radius 1 is 1.35 bits per heavy atom. The lowest BCUT2D eigenvalue weighted by Gasteiger charge is -2.27. The molecule has 1 fully saturated rings. The second-order valence-corrected chi connectivity index (χ2v) is 8.07. The number of nitrogens with zero attached hydrogens (tertiary/aromatic N) is 2. The van der Waals surface area contributed by atoms with Crippen molar-refractivity contribution in [1.82, 2.24) is 14.5 Å². The zero-order chi connectivity index (χ0) is 19.5. The Kier molecular flexibility index (Phi) is 5.98.